The summed E-state index contributed by atoms with van der Waals surface area (Å²) in [5.41, 5.74) is 18.6. The van der Waals surface area contributed by atoms with Gasteiger partial charge in [-0.2, -0.15) is 0 Å². The first-order valence-electron chi connectivity index (χ1n) is 21.1. The fraction of sp³-hybridized carbons (Fsp3) is 0.0172. The minimum absolute atomic E-state index is 0.447. The number of nitrogens with zero attached hydrogens (tertiary/aromatic N) is 3. The molecule has 2 aliphatic carbocycles. The van der Waals surface area contributed by atoms with Crippen LogP contribution in [0, 0.1) is 0 Å². The topological polar surface area (TPSA) is 51.8 Å². The lowest BCUT2D eigenvalue weighted by atomic mass is 9.70. The van der Waals surface area contributed by atoms with E-state index < -0.39 is 5.41 Å². The van der Waals surface area contributed by atoms with Crippen LogP contribution in [0.2, 0.25) is 0 Å². The van der Waals surface area contributed by atoms with Crippen LogP contribution in [0.5, 0.6) is 0 Å². The van der Waals surface area contributed by atoms with Crippen LogP contribution < -0.4 is 0 Å². The normalized spacial score (nSPS) is 13.0. The fourth-order valence-corrected chi connectivity index (χ4v) is 10.5. The van der Waals surface area contributed by atoms with Gasteiger partial charge in [0.15, 0.2) is 17.5 Å². The second-order valence-corrected chi connectivity index (χ2v) is 16.2. The fourth-order valence-electron chi connectivity index (χ4n) is 10.5. The van der Waals surface area contributed by atoms with Crippen LogP contribution in [0.1, 0.15) is 22.3 Å². The second kappa shape index (κ2) is 13.4. The third kappa shape index (κ3) is 4.86. The van der Waals surface area contributed by atoms with E-state index in [0.717, 1.165) is 60.9 Å². The standard InChI is InChI=1S/C58H35N3O/c1-2-18-36(19-3-1)55-59-56(61-57(60-55)44-25-7-5-21-38(44)42-29-17-35-52-54(42)46-27-11-15-34-51(46)62-52)43-24-6-4-20-37(43)41-28-16-33-50-53(41)45-26-10-14-32-49(45)58(50)47-30-12-8-22-39(47)40-23-9-13-31-48(40)58/h1-35H. The summed E-state index contributed by atoms with van der Waals surface area (Å²) in [5.74, 6) is 1.83. The molecular formula is C58H35N3O. The molecule has 0 atom stereocenters. The Hall–Kier alpha value is -8.21. The Morgan fingerprint density at radius 2 is 0.726 bits per heavy atom. The highest BCUT2D eigenvalue weighted by atomic mass is 16.3. The summed E-state index contributed by atoms with van der Waals surface area (Å²) >= 11 is 0. The van der Waals surface area contributed by atoms with Crippen LogP contribution in [0.3, 0.4) is 0 Å². The van der Waals surface area contributed by atoms with Gasteiger partial charge in [0.25, 0.3) is 0 Å². The second-order valence-electron chi connectivity index (χ2n) is 16.2. The first-order chi connectivity index (χ1) is 30.8. The van der Waals surface area contributed by atoms with E-state index in [-0.39, 0.29) is 0 Å². The van der Waals surface area contributed by atoms with Gasteiger partial charge in [-0.3, -0.25) is 0 Å². The molecule has 0 saturated heterocycles. The van der Waals surface area contributed by atoms with Crippen LogP contribution in [0.4, 0.5) is 0 Å². The summed E-state index contributed by atoms with van der Waals surface area (Å²) in [6, 6.07) is 75.5. The molecule has 11 aromatic rings. The Balaban J connectivity index is 1.05. The Morgan fingerprint density at radius 1 is 0.290 bits per heavy atom. The molecule has 4 nitrogen and oxygen atoms in total. The van der Waals surface area contributed by atoms with Crippen molar-refractivity contribution in [2.24, 2.45) is 0 Å². The molecule has 0 N–H and O–H groups in total. The minimum atomic E-state index is -0.447. The summed E-state index contributed by atoms with van der Waals surface area (Å²) < 4.78 is 6.35. The van der Waals surface area contributed by atoms with Gasteiger partial charge in [0.1, 0.15) is 11.2 Å². The molecule has 1 spiro atoms. The number of aromatic nitrogens is 3. The Kier molecular flexibility index (Phi) is 7.49. The molecule has 0 saturated carbocycles. The first-order valence-corrected chi connectivity index (χ1v) is 21.1. The number of benzene rings is 9. The van der Waals surface area contributed by atoms with Crippen molar-refractivity contribution in [1.82, 2.24) is 15.0 Å². The zero-order valence-electron chi connectivity index (χ0n) is 33.5. The molecule has 2 aliphatic rings. The van der Waals surface area contributed by atoms with E-state index in [1.807, 2.05) is 36.4 Å². The van der Waals surface area contributed by atoms with Crippen molar-refractivity contribution in [3.8, 4) is 78.7 Å². The van der Waals surface area contributed by atoms with Gasteiger partial charge < -0.3 is 4.42 Å². The first kappa shape index (κ1) is 34.6. The van der Waals surface area contributed by atoms with Gasteiger partial charge in [-0.25, -0.2) is 15.0 Å². The zero-order valence-corrected chi connectivity index (χ0v) is 33.5. The number of rotatable bonds is 5. The van der Waals surface area contributed by atoms with E-state index in [1.54, 1.807) is 0 Å². The van der Waals surface area contributed by atoms with E-state index >= 15 is 0 Å². The van der Waals surface area contributed by atoms with Crippen molar-refractivity contribution in [2.75, 3.05) is 0 Å². The van der Waals surface area contributed by atoms with E-state index in [1.165, 1.54) is 44.5 Å². The molecule has 0 unspecified atom stereocenters. The van der Waals surface area contributed by atoms with Crippen LogP contribution >= 0.6 is 0 Å². The third-order valence-corrected chi connectivity index (χ3v) is 13.0. The average molecular weight is 790 g/mol. The van der Waals surface area contributed by atoms with Gasteiger partial charge in [-0.05, 0) is 78.9 Å². The molecule has 62 heavy (non-hydrogen) atoms. The summed E-state index contributed by atoms with van der Waals surface area (Å²) in [7, 11) is 0. The predicted octanol–water partition coefficient (Wildman–Crippen LogP) is 14.4. The highest BCUT2D eigenvalue weighted by Crippen LogP contribution is 2.64. The van der Waals surface area contributed by atoms with E-state index in [4.69, 9.17) is 19.4 Å². The molecule has 0 aliphatic heterocycles. The van der Waals surface area contributed by atoms with Crippen LogP contribution in [-0.4, -0.2) is 15.0 Å². The molecule has 2 aromatic heterocycles. The minimum Gasteiger partial charge on any atom is -0.456 e. The lowest BCUT2D eigenvalue weighted by Crippen LogP contribution is -2.25. The number of hydrogen-bond acceptors (Lipinski definition) is 4. The van der Waals surface area contributed by atoms with Gasteiger partial charge in [0.2, 0.25) is 0 Å². The Morgan fingerprint density at radius 3 is 1.40 bits per heavy atom. The lowest BCUT2D eigenvalue weighted by molar-refractivity contribution is 0.669. The molecular weight excluding hydrogens is 755 g/mol. The molecule has 0 amide bonds. The van der Waals surface area contributed by atoms with Gasteiger partial charge >= 0.3 is 0 Å². The van der Waals surface area contributed by atoms with Crippen LogP contribution in [0.15, 0.2) is 217 Å². The van der Waals surface area contributed by atoms with Crippen LogP contribution in [0.25, 0.3) is 101 Å². The maximum absolute atomic E-state index is 6.35. The number of hydrogen-bond donors (Lipinski definition) is 0. The molecule has 0 bridgehead atoms. The molecule has 0 radical (unpaired) electrons. The maximum Gasteiger partial charge on any atom is 0.164 e. The SMILES string of the molecule is c1ccc(-c2nc(-c3ccccc3-c3cccc4c3-c3ccccc3C43c4ccccc4-c4ccccc43)nc(-c3ccccc3-c3cccc4oc5ccccc5c34)n2)cc1. The van der Waals surface area contributed by atoms with Crippen molar-refractivity contribution < 1.29 is 4.42 Å². The molecule has 9 aromatic carbocycles. The summed E-state index contributed by atoms with van der Waals surface area (Å²) in [6.07, 6.45) is 0. The highest BCUT2D eigenvalue weighted by molar-refractivity contribution is 6.13. The summed E-state index contributed by atoms with van der Waals surface area (Å²) in [5, 5.41) is 2.15. The van der Waals surface area contributed by atoms with E-state index in [9.17, 15) is 0 Å². The molecule has 288 valence electrons. The van der Waals surface area contributed by atoms with Crippen molar-refractivity contribution in [2.45, 2.75) is 5.41 Å². The Bertz CT molecular complexity index is 3560. The van der Waals surface area contributed by atoms with Crippen molar-refractivity contribution in [3.05, 3.63) is 235 Å². The molecule has 2 heterocycles. The van der Waals surface area contributed by atoms with Gasteiger partial charge in [-0.15, -0.1) is 0 Å². The smallest absolute Gasteiger partial charge is 0.164 e. The maximum atomic E-state index is 6.35. The molecule has 0 fully saturated rings. The molecule has 13 rings (SSSR count). The largest absolute Gasteiger partial charge is 0.456 e. The number of para-hydroxylation sites is 1. The summed E-state index contributed by atoms with van der Waals surface area (Å²) in [4.78, 5) is 16.0. The van der Waals surface area contributed by atoms with Crippen LogP contribution in [-0.2, 0) is 5.41 Å². The number of fused-ring (bicyclic) bond motifs is 13. The van der Waals surface area contributed by atoms with Gasteiger partial charge in [-0.1, -0.05) is 200 Å². The van der Waals surface area contributed by atoms with E-state index in [2.05, 4.69) is 176 Å². The van der Waals surface area contributed by atoms with Crippen molar-refractivity contribution >= 4 is 21.9 Å². The third-order valence-electron chi connectivity index (χ3n) is 13.0. The van der Waals surface area contributed by atoms with Crippen molar-refractivity contribution in [1.29, 1.82) is 0 Å². The molecule has 4 heteroatoms. The van der Waals surface area contributed by atoms with E-state index in [0.29, 0.717) is 17.5 Å². The Labute approximate surface area is 358 Å². The zero-order chi connectivity index (χ0) is 40.8. The van der Waals surface area contributed by atoms with Crippen molar-refractivity contribution in [3.63, 3.8) is 0 Å². The van der Waals surface area contributed by atoms with Gasteiger partial charge in [0, 0.05) is 27.5 Å². The lowest BCUT2D eigenvalue weighted by Gasteiger charge is -2.30. The quantitative estimate of drug-likeness (QED) is 0.174. The predicted molar refractivity (Wildman–Crippen MR) is 251 cm³/mol. The number of furan rings is 1. The van der Waals surface area contributed by atoms with Gasteiger partial charge in [0.05, 0.1) is 5.41 Å². The average Bonchev–Trinajstić information content (AvgIpc) is 3.99. The monoisotopic (exact) mass is 789 g/mol. The summed E-state index contributed by atoms with van der Waals surface area (Å²) in [6.45, 7) is 0. The highest BCUT2D eigenvalue weighted by Gasteiger charge is 2.52.